The summed E-state index contributed by atoms with van der Waals surface area (Å²) in [5.41, 5.74) is 0. The summed E-state index contributed by atoms with van der Waals surface area (Å²) in [7, 11) is 0. The summed E-state index contributed by atoms with van der Waals surface area (Å²) in [6.45, 7) is 4.98. The third kappa shape index (κ3) is 63.4. The fourth-order valence-electron chi connectivity index (χ4n) is 11.1. The van der Waals surface area contributed by atoms with Gasteiger partial charge in [0.2, 0.25) is 5.91 Å². The molecule has 6 heteroatoms. The van der Waals surface area contributed by atoms with Crippen molar-refractivity contribution in [2.75, 3.05) is 13.2 Å². The first-order chi connectivity index (χ1) is 38.0. The number of aliphatic hydroxyl groups excluding tert-OH is 2. The molecule has 0 saturated heterocycles. The summed E-state index contributed by atoms with van der Waals surface area (Å²) >= 11 is 0. The van der Waals surface area contributed by atoms with Crippen LogP contribution in [0.3, 0.4) is 0 Å². The fourth-order valence-corrected chi connectivity index (χ4v) is 11.1. The molecule has 2 atom stereocenters. The van der Waals surface area contributed by atoms with Crippen molar-refractivity contribution in [2.24, 2.45) is 0 Å². The van der Waals surface area contributed by atoms with Crippen LogP contribution in [0.4, 0.5) is 0 Å². The molecule has 1 amide bonds. The molecule has 0 aromatic rings. The molecule has 0 saturated carbocycles. The van der Waals surface area contributed by atoms with Crippen molar-refractivity contribution in [3.05, 3.63) is 24.3 Å². The van der Waals surface area contributed by atoms with Crippen LogP contribution in [0.15, 0.2) is 24.3 Å². The highest BCUT2D eigenvalue weighted by Crippen LogP contribution is 2.19. The summed E-state index contributed by atoms with van der Waals surface area (Å²) in [5.74, 6) is -0.0155. The Balaban J connectivity index is 3.38. The molecule has 6 nitrogen and oxygen atoms in total. The molecular formula is C71H137NO5. The van der Waals surface area contributed by atoms with Gasteiger partial charge in [0, 0.05) is 12.8 Å². The molecule has 0 aromatic carbocycles. The number of carbonyl (C=O) groups excluding carboxylic acids is 2. The number of carbonyl (C=O) groups is 2. The number of aliphatic hydroxyl groups is 2. The Morgan fingerprint density at radius 3 is 0.987 bits per heavy atom. The summed E-state index contributed by atoms with van der Waals surface area (Å²) in [6.07, 6.45) is 83.7. The number of unbranched alkanes of at least 4 members (excludes halogenated alkanes) is 51. The van der Waals surface area contributed by atoms with Gasteiger partial charge in [-0.1, -0.05) is 346 Å². The van der Waals surface area contributed by atoms with E-state index >= 15 is 0 Å². The van der Waals surface area contributed by atoms with Crippen LogP contribution in [0.1, 0.15) is 393 Å². The van der Waals surface area contributed by atoms with Gasteiger partial charge in [0.05, 0.1) is 25.4 Å². The molecule has 0 heterocycles. The van der Waals surface area contributed by atoms with E-state index in [-0.39, 0.29) is 18.5 Å². The molecule has 456 valence electrons. The van der Waals surface area contributed by atoms with E-state index in [4.69, 9.17) is 4.74 Å². The first-order valence-electron chi connectivity index (χ1n) is 35.1. The maximum absolute atomic E-state index is 12.5. The lowest BCUT2D eigenvalue weighted by atomic mass is 10.0. The van der Waals surface area contributed by atoms with Crippen LogP contribution in [0, 0.1) is 0 Å². The zero-order chi connectivity index (χ0) is 55.7. The molecule has 3 N–H and O–H groups in total. The number of rotatable bonds is 66. The molecule has 0 rings (SSSR count). The number of hydrogen-bond donors (Lipinski definition) is 3. The minimum Gasteiger partial charge on any atom is -0.466 e. The molecule has 0 aromatic heterocycles. The monoisotopic (exact) mass is 1080 g/mol. The van der Waals surface area contributed by atoms with Gasteiger partial charge in [-0.05, 0) is 57.8 Å². The Morgan fingerprint density at radius 1 is 0.364 bits per heavy atom. The molecule has 0 aliphatic rings. The van der Waals surface area contributed by atoms with Crippen LogP contribution in [-0.4, -0.2) is 47.4 Å². The van der Waals surface area contributed by atoms with Crippen molar-refractivity contribution >= 4 is 11.9 Å². The second-order valence-corrected chi connectivity index (χ2v) is 24.2. The molecule has 77 heavy (non-hydrogen) atoms. The average Bonchev–Trinajstić information content (AvgIpc) is 3.43. The highest BCUT2D eigenvalue weighted by molar-refractivity contribution is 5.76. The predicted molar refractivity (Wildman–Crippen MR) is 338 cm³/mol. The van der Waals surface area contributed by atoms with Gasteiger partial charge in [0.25, 0.3) is 0 Å². The standard InChI is InChI=1S/C71H137NO5/c1-3-5-7-9-11-13-15-17-36-39-43-47-51-55-59-63-69(74)68(67-73)72-70(75)64-60-56-52-48-44-40-37-34-32-30-28-26-24-22-20-19-21-23-25-27-29-31-33-35-38-42-46-50-54-58-62-66-77-71(76)65-61-57-53-49-45-41-18-16-14-12-10-8-6-4-2/h21,23,27,29,68-69,73-74H,3-20,22,24-26,28,30-67H2,1-2H3,(H,72,75)/b23-21-,29-27-. The van der Waals surface area contributed by atoms with Crippen molar-refractivity contribution in [2.45, 2.75) is 405 Å². The molecule has 2 unspecified atom stereocenters. The summed E-state index contributed by atoms with van der Waals surface area (Å²) in [6, 6.07) is -0.540. The lowest BCUT2D eigenvalue weighted by Crippen LogP contribution is -2.45. The summed E-state index contributed by atoms with van der Waals surface area (Å²) in [5, 5.41) is 23.3. The van der Waals surface area contributed by atoms with Gasteiger partial charge in [-0.3, -0.25) is 9.59 Å². The quantitative estimate of drug-likeness (QED) is 0.0320. The Kier molecular flexibility index (Phi) is 65.4. The van der Waals surface area contributed by atoms with Crippen LogP contribution in [0.25, 0.3) is 0 Å². The van der Waals surface area contributed by atoms with E-state index in [1.54, 1.807) is 0 Å². The van der Waals surface area contributed by atoms with E-state index in [1.165, 1.54) is 315 Å². The van der Waals surface area contributed by atoms with Crippen LogP contribution in [-0.2, 0) is 14.3 Å². The zero-order valence-corrected chi connectivity index (χ0v) is 52.2. The van der Waals surface area contributed by atoms with Crippen molar-refractivity contribution in [3.63, 3.8) is 0 Å². The normalized spacial score (nSPS) is 12.6. The van der Waals surface area contributed by atoms with Gasteiger partial charge in [0.1, 0.15) is 0 Å². The summed E-state index contributed by atoms with van der Waals surface area (Å²) < 4.78 is 5.49. The van der Waals surface area contributed by atoms with E-state index in [2.05, 4.69) is 43.5 Å². The number of ether oxygens (including phenoxy) is 1. The Hall–Kier alpha value is -1.66. The Morgan fingerprint density at radius 2 is 0.649 bits per heavy atom. The van der Waals surface area contributed by atoms with E-state index in [9.17, 15) is 19.8 Å². The maximum atomic E-state index is 12.5. The minimum absolute atomic E-state index is 0.0161. The van der Waals surface area contributed by atoms with E-state index in [0.29, 0.717) is 25.9 Å². The largest absolute Gasteiger partial charge is 0.466 e. The summed E-state index contributed by atoms with van der Waals surface area (Å²) in [4.78, 5) is 24.6. The van der Waals surface area contributed by atoms with Gasteiger partial charge >= 0.3 is 5.97 Å². The highest BCUT2D eigenvalue weighted by atomic mass is 16.5. The SMILES string of the molecule is CCCCCCCCCCCCCCCCCC(O)C(CO)NC(=O)CCCCCCCCCCCCCCCCC/C=C\C/C=C\CCCCCCCCCCCOC(=O)CCCCCCCCCCCCCCCC. The molecule has 0 aliphatic carbocycles. The minimum atomic E-state index is -0.663. The second kappa shape index (κ2) is 66.8. The van der Waals surface area contributed by atoms with Crippen LogP contribution < -0.4 is 5.32 Å². The second-order valence-electron chi connectivity index (χ2n) is 24.2. The Bertz CT molecular complexity index is 1200. The first kappa shape index (κ1) is 75.3. The van der Waals surface area contributed by atoms with Crippen LogP contribution in [0.2, 0.25) is 0 Å². The number of allylic oxidation sites excluding steroid dienone is 4. The lowest BCUT2D eigenvalue weighted by Gasteiger charge is -2.22. The number of hydrogen-bond acceptors (Lipinski definition) is 5. The molecule has 0 aliphatic heterocycles. The maximum Gasteiger partial charge on any atom is 0.305 e. The highest BCUT2D eigenvalue weighted by Gasteiger charge is 2.20. The molecule has 0 spiro atoms. The van der Waals surface area contributed by atoms with E-state index in [1.807, 2.05) is 0 Å². The molecule has 0 fully saturated rings. The van der Waals surface area contributed by atoms with Gasteiger partial charge in [-0.2, -0.15) is 0 Å². The van der Waals surface area contributed by atoms with E-state index < -0.39 is 12.1 Å². The molecule has 0 radical (unpaired) electrons. The third-order valence-corrected chi connectivity index (χ3v) is 16.5. The van der Waals surface area contributed by atoms with Crippen LogP contribution in [0.5, 0.6) is 0 Å². The molecular weight excluding hydrogens is 947 g/mol. The number of nitrogens with one attached hydrogen (secondary N) is 1. The average molecular weight is 1080 g/mol. The lowest BCUT2D eigenvalue weighted by molar-refractivity contribution is -0.143. The van der Waals surface area contributed by atoms with E-state index in [0.717, 1.165) is 44.9 Å². The van der Waals surface area contributed by atoms with Crippen molar-refractivity contribution in [1.29, 1.82) is 0 Å². The predicted octanol–water partition coefficient (Wildman–Crippen LogP) is 22.5. The van der Waals surface area contributed by atoms with Gasteiger partial charge in [-0.25, -0.2) is 0 Å². The van der Waals surface area contributed by atoms with Crippen molar-refractivity contribution in [1.82, 2.24) is 5.32 Å². The van der Waals surface area contributed by atoms with Gasteiger partial charge < -0.3 is 20.3 Å². The third-order valence-electron chi connectivity index (χ3n) is 16.5. The van der Waals surface area contributed by atoms with Gasteiger partial charge in [-0.15, -0.1) is 0 Å². The van der Waals surface area contributed by atoms with Gasteiger partial charge in [0.15, 0.2) is 0 Å². The topological polar surface area (TPSA) is 95.9 Å². The van der Waals surface area contributed by atoms with Crippen molar-refractivity contribution in [3.8, 4) is 0 Å². The van der Waals surface area contributed by atoms with Crippen molar-refractivity contribution < 1.29 is 24.5 Å². The molecule has 0 bridgehead atoms. The Labute approximate surface area is 481 Å². The number of esters is 1. The fraction of sp³-hybridized carbons (Fsp3) is 0.915. The zero-order valence-electron chi connectivity index (χ0n) is 52.2. The first-order valence-corrected chi connectivity index (χ1v) is 35.1. The van der Waals surface area contributed by atoms with Crippen LogP contribution >= 0.6 is 0 Å². The number of amides is 1. The smallest absolute Gasteiger partial charge is 0.305 e.